The van der Waals surface area contributed by atoms with E-state index in [-0.39, 0.29) is 111 Å². The molecule has 4 heterocycles. The number of ketones is 2. The van der Waals surface area contributed by atoms with Gasteiger partial charge in [0.1, 0.15) is 12.4 Å². The molecule has 2 aliphatic rings. The molecule has 1 aliphatic carbocycles. The average molecular weight is 1950 g/mol. The minimum atomic E-state index is -2.29. The van der Waals surface area contributed by atoms with Crippen molar-refractivity contribution in [3.8, 4) is 0 Å². The van der Waals surface area contributed by atoms with Gasteiger partial charge in [-0.1, -0.05) is 252 Å². The van der Waals surface area contributed by atoms with Crippen LogP contribution in [0.4, 0.5) is 0 Å². The van der Waals surface area contributed by atoms with Crippen LogP contribution in [0, 0.1) is 52.6 Å². The van der Waals surface area contributed by atoms with Gasteiger partial charge in [0.15, 0.2) is 57.2 Å². The number of rotatable bonds is 28. The molecule has 0 spiro atoms. The number of cyclic esters (lactones) is 1. The van der Waals surface area contributed by atoms with E-state index in [0.717, 1.165) is 17.3 Å². The number of ether oxygens (including phenoxy) is 1. The van der Waals surface area contributed by atoms with Gasteiger partial charge in [-0.05, 0) is 109 Å². The lowest BCUT2D eigenvalue weighted by molar-refractivity contribution is -1.04. The SMILES string of the molecule is C[C@@H]([C@H](O[Si](C)(C)C(C)(C)C)[C@H](C)C(=O)c1ccccc1)[C@H](O)CC(O[O-])O[n+]1ccccc1.C[C@@H]([C@H](O[Si](C)(C)C(C)(C)C)[C@H](C)C(=O)c1ccccc1)[C@H](O)CC=[O+][O-].C[C@H]1[C@H](O[Si](C)(C)C(C)(C)C)[C@H](C)C(=O)O[C@@H]1CC=O.C[C@H]1[C@H](O[Si](C)(C)C(C)(C)C)[C@H](C)C(c2ccccc2)=CC[C@H]1O.O=S=O.O=S=O.O=S=O.OOO.[O-][n+]1ccccc1.c1ccncc1. The van der Waals surface area contributed by atoms with Crippen LogP contribution in [0.5, 0.6) is 0 Å². The van der Waals surface area contributed by atoms with Crippen LogP contribution >= 0.6 is 0 Å². The zero-order valence-corrected chi connectivity index (χ0v) is 87.4. The van der Waals surface area contributed by atoms with E-state index in [1.165, 1.54) is 28.3 Å². The molecule has 6 aromatic rings. The minimum Gasteiger partial charge on any atom is -0.720 e. The van der Waals surface area contributed by atoms with Crippen LogP contribution in [0.25, 0.3) is 5.57 Å². The molecule has 0 bridgehead atoms. The summed E-state index contributed by atoms with van der Waals surface area (Å²) in [6, 6.07) is 45.0. The summed E-state index contributed by atoms with van der Waals surface area (Å²) in [6.45, 7) is 59.3. The molecular weight excluding hydrogens is 1800 g/mol. The van der Waals surface area contributed by atoms with E-state index < -0.39 is 116 Å². The van der Waals surface area contributed by atoms with Gasteiger partial charge in [0, 0.05) is 107 Å². The van der Waals surface area contributed by atoms with Crippen molar-refractivity contribution in [1.82, 2.24) is 4.98 Å². The molecular formula is C93H147N3O27S3Si4. The Kier molecular flexibility index (Phi) is 59.2. The van der Waals surface area contributed by atoms with Crippen LogP contribution in [0.1, 0.15) is 190 Å². The number of aromatic nitrogens is 3. The number of Topliss-reactive ketones (excluding diaryl/α,β-unsaturated/α-hetero) is 2. The number of benzene rings is 3. The number of carbonyl (C=O) groups excluding carboxylic acids is 5. The number of nitrogens with zero attached hydrogens (tertiary/aromatic N) is 3. The van der Waals surface area contributed by atoms with Gasteiger partial charge in [0.25, 0.3) is 6.29 Å². The highest BCUT2D eigenvalue weighted by Crippen LogP contribution is 2.46. The minimum absolute atomic E-state index is 0.0117. The van der Waals surface area contributed by atoms with E-state index >= 15 is 0 Å². The Morgan fingerprint density at radius 2 is 0.915 bits per heavy atom. The molecule has 30 nitrogen and oxygen atoms in total. The molecule has 0 radical (unpaired) electrons. The lowest BCUT2D eigenvalue weighted by Crippen LogP contribution is -2.54. The second-order valence-electron chi connectivity index (χ2n) is 37.9. The van der Waals surface area contributed by atoms with Crippen molar-refractivity contribution in [2.24, 2.45) is 47.3 Å². The van der Waals surface area contributed by atoms with E-state index in [4.69, 9.17) is 63.0 Å². The Hall–Kier alpha value is -7.75. The number of esters is 1. The van der Waals surface area contributed by atoms with Gasteiger partial charge in [-0.2, -0.15) is 34.6 Å². The first-order chi connectivity index (χ1) is 60.4. The van der Waals surface area contributed by atoms with Crippen LogP contribution in [-0.4, -0.2) is 175 Å². The number of hydrogen-bond acceptors (Lipinski definition) is 27. The highest BCUT2D eigenvalue weighted by atomic mass is 32.1. The molecule has 3 aromatic heterocycles. The summed E-state index contributed by atoms with van der Waals surface area (Å²) < 4.78 is 87.5. The molecule has 1 fully saturated rings. The van der Waals surface area contributed by atoms with Gasteiger partial charge in [0.2, 0.25) is 12.4 Å². The summed E-state index contributed by atoms with van der Waals surface area (Å²) in [7, 11) is -8.32. The van der Waals surface area contributed by atoms with Crippen molar-refractivity contribution in [3.05, 3.63) is 211 Å². The normalized spacial score (nSPS) is 19.6. The Bertz CT molecular complexity index is 4240. The Balaban J connectivity index is 0. The highest BCUT2D eigenvalue weighted by Gasteiger charge is 2.50. The molecule has 1 saturated heterocycles. The number of carbonyl (C=O) groups is 4. The highest BCUT2D eigenvalue weighted by molar-refractivity contribution is 7.52. The van der Waals surface area contributed by atoms with Crippen molar-refractivity contribution in [1.29, 1.82) is 0 Å². The number of aliphatic hydroxyl groups excluding tert-OH is 3. The van der Waals surface area contributed by atoms with E-state index in [1.807, 2.05) is 108 Å². The number of aliphatic hydroxyl groups is 3. The van der Waals surface area contributed by atoms with Crippen LogP contribution in [0.15, 0.2) is 189 Å². The summed E-state index contributed by atoms with van der Waals surface area (Å²) in [4.78, 5) is 62.6. The summed E-state index contributed by atoms with van der Waals surface area (Å²) in [5.41, 5.74) is 3.79. The molecule has 730 valence electrons. The molecule has 130 heavy (non-hydrogen) atoms. The zero-order valence-electron chi connectivity index (χ0n) is 81.0. The molecule has 0 amide bonds. The van der Waals surface area contributed by atoms with Gasteiger partial charge in [-0.25, -0.2) is 15.4 Å². The summed E-state index contributed by atoms with van der Waals surface area (Å²) in [5, 5.41) is 79.6. The van der Waals surface area contributed by atoms with E-state index in [1.54, 1.807) is 79.4 Å². The lowest BCUT2D eigenvalue weighted by atomic mass is 9.84. The first kappa shape index (κ1) is 124. The largest absolute Gasteiger partial charge is 0.720 e. The van der Waals surface area contributed by atoms with Gasteiger partial charge in [-0.3, -0.25) is 19.4 Å². The predicted molar refractivity (Wildman–Crippen MR) is 507 cm³/mol. The van der Waals surface area contributed by atoms with Crippen molar-refractivity contribution in [2.75, 3.05) is 0 Å². The van der Waals surface area contributed by atoms with E-state index in [9.17, 15) is 50.2 Å². The maximum absolute atomic E-state index is 13.3. The van der Waals surface area contributed by atoms with E-state index in [0.29, 0.717) is 17.5 Å². The van der Waals surface area contributed by atoms with Crippen LogP contribution in [0.2, 0.25) is 72.5 Å². The maximum Gasteiger partial charge on any atom is 0.335 e. The smallest absolute Gasteiger partial charge is 0.335 e. The van der Waals surface area contributed by atoms with Gasteiger partial charge >= 0.3 is 47.0 Å². The standard InChI is InChI=1S/C26H39NO6Si.C21H34O5Si.C21H34O2Si.C15H28O4Si.C5H5NO.C5H5N.H2O3.3O2S/c1-19(22(28)18-23(32-30)31-27-16-12-9-13-17-27)25(33-34(6,7)26(3,4)5)20(2)24(29)21-14-10-8-11-15-21;1-15(18(22)13-14-25-24)20(26-27(6,7)21(3,4)5)16(2)19(23)17-11-9-8-10-12-17;1-15-18(17-11-9-8-10-12-17)13-14-19(22)16(2)20(15)23-24(6,7)21(3,4)5;1-10-12(8-9-16)18-14(17)11(2)13(10)19-20(6,7)15(3,4)5;7-6-4-2-1-3-5-6;1-2-4-6-5-3-1;4*1-3-2/h8-17,19-20,22-23,25,28H,18H2,1-7H3;8-12,14-16,18,20,22H,13H2,1-7H3;8-13,15-16,19-20,22H,14H2,1-7H3;9-13H,8H2,1-7H3;1-5H;1-5H;1-2H;;;/t19-,20-,22-,23?,25+;15-,16-,18-,20+;15-,16-,19-,20-;10-,11+,12-,13+;;;;;;/m1111....../s1. The van der Waals surface area contributed by atoms with Crippen molar-refractivity contribution < 1.29 is 132 Å². The molecule has 37 heteroatoms. The van der Waals surface area contributed by atoms with Gasteiger partial charge in [0.05, 0.1) is 55.1 Å². The summed E-state index contributed by atoms with van der Waals surface area (Å²) in [5.74, 6) is -1.87. The van der Waals surface area contributed by atoms with Crippen molar-refractivity contribution >= 4 is 104 Å². The topological polar surface area (TPSA) is 447 Å². The molecule has 8 rings (SSSR count). The van der Waals surface area contributed by atoms with Crippen LogP contribution < -0.4 is 24.8 Å². The van der Waals surface area contributed by atoms with Gasteiger partial charge in [-0.15, -0.1) is 0 Å². The summed E-state index contributed by atoms with van der Waals surface area (Å²) in [6.07, 6.45) is 9.81. The number of hydrogen-bond donors (Lipinski definition) is 5. The molecule has 17 atom stereocenters. The van der Waals surface area contributed by atoms with Gasteiger partial charge < -0.3 is 63.2 Å². The zero-order chi connectivity index (χ0) is 100. The third-order valence-corrected chi connectivity index (χ3v) is 42.5. The fraction of sp³-hybridized carbons (Fsp3) is 0.570. The van der Waals surface area contributed by atoms with Crippen LogP contribution in [0.3, 0.4) is 0 Å². The number of pyridine rings is 3. The van der Waals surface area contributed by atoms with Crippen molar-refractivity contribution in [2.45, 2.75) is 292 Å². The third kappa shape index (κ3) is 44.4. The molecule has 5 N–H and O–H groups in total. The Morgan fingerprint density at radius 3 is 1.25 bits per heavy atom. The van der Waals surface area contributed by atoms with Crippen LogP contribution in [-0.2, 0) is 81.2 Å². The lowest BCUT2D eigenvalue weighted by Gasteiger charge is -2.45. The molecule has 3 aromatic carbocycles. The maximum atomic E-state index is 13.3. The average Bonchev–Trinajstić information content (AvgIpc) is 1.21. The third-order valence-electron chi connectivity index (χ3n) is 24.6. The second kappa shape index (κ2) is 61.9. The Morgan fingerprint density at radius 1 is 0.562 bits per heavy atom. The van der Waals surface area contributed by atoms with Crippen molar-refractivity contribution in [3.63, 3.8) is 0 Å². The molecule has 1 unspecified atom stereocenters. The first-order valence-corrected chi connectivity index (χ1v) is 56.6. The van der Waals surface area contributed by atoms with E-state index in [2.05, 4.69) is 199 Å². The molecule has 1 aliphatic heterocycles. The fourth-order valence-corrected chi connectivity index (χ4v) is 18.3. The number of aldehydes is 2. The molecule has 0 saturated carbocycles. The summed E-state index contributed by atoms with van der Waals surface area (Å²) >= 11 is -2.25. The Labute approximate surface area is 785 Å². The predicted octanol–water partition coefficient (Wildman–Crippen LogP) is 14.6. The first-order valence-electron chi connectivity index (χ1n) is 43.0. The quantitative estimate of drug-likeness (QED) is 0.00291. The monoisotopic (exact) mass is 1950 g/mol. The fourth-order valence-electron chi connectivity index (χ4n) is 12.5. The second-order valence-corrected chi connectivity index (χ2v) is 57.3.